The van der Waals surface area contributed by atoms with Crippen LogP contribution in [0.2, 0.25) is 39.3 Å². The topological polar surface area (TPSA) is 0 Å². The van der Waals surface area contributed by atoms with Crippen molar-refractivity contribution in [3.05, 3.63) is 28.1 Å². The molecule has 0 spiro atoms. The van der Waals surface area contributed by atoms with Gasteiger partial charge in [-0.2, -0.15) is 0 Å². The molecule has 2 heterocycles. The third-order valence-corrected chi connectivity index (χ3v) is 10.2. The van der Waals surface area contributed by atoms with Gasteiger partial charge in [-0.05, 0) is 23.7 Å². The Morgan fingerprint density at radius 2 is 0.917 bits per heavy atom. The monoisotopic (exact) mass is 424 g/mol. The van der Waals surface area contributed by atoms with Crippen LogP contribution < -0.4 is 0 Å². The molecular formula is C18H24S4Si2. The molecule has 0 fully saturated rings. The smallest absolute Gasteiger partial charge is 0.126 e. The van der Waals surface area contributed by atoms with Gasteiger partial charge < -0.3 is 0 Å². The van der Waals surface area contributed by atoms with Crippen molar-refractivity contribution in [1.82, 2.24) is 0 Å². The van der Waals surface area contributed by atoms with Gasteiger partial charge in [0.1, 0.15) is 16.1 Å². The van der Waals surface area contributed by atoms with Crippen LogP contribution in [-0.2, 0) is 0 Å². The van der Waals surface area contributed by atoms with Crippen molar-refractivity contribution >= 4 is 63.2 Å². The third-order valence-electron chi connectivity index (χ3n) is 2.85. The number of thioether (sulfide) groups is 4. The summed E-state index contributed by atoms with van der Waals surface area (Å²) in [6.45, 7) is 18.2. The van der Waals surface area contributed by atoms with Crippen molar-refractivity contribution in [1.29, 1.82) is 0 Å². The lowest BCUT2D eigenvalue weighted by Gasteiger charge is -2.04. The normalized spacial score (nSPS) is 18.7. The molecule has 24 heavy (non-hydrogen) atoms. The van der Waals surface area contributed by atoms with E-state index in [1.54, 1.807) is 0 Å². The second kappa shape index (κ2) is 7.82. The molecule has 0 atom stereocenters. The maximum absolute atomic E-state index is 3.51. The predicted molar refractivity (Wildman–Crippen MR) is 125 cm³/mol. The van der Waals surface area contributed by atoms with Gasteiger partial charge in [-0.3, -0.25) is 0 Å². The van der Waals surface area contributed by atoms with Crippen LogP contribution in [0.4, 0.5) is 0 Å². The summed E-state index contributed by atoms with van der Waals surface area (Å²) in [5.74, 6) is 6.93. The first-order valence-electron chi connectivity index (χ1n) is 7.88. The quantitative estimate of drug-likeness (QED) is 0.295. The van der Waals surface area contributed by atoms with Gasteiger partial charge in [0.25, 0.3) is 0 Å². The van der Waals surface area contributed by atoms with Gasteiger partial charge in [0.15, 0.2) is 0 Å². The Hall–Kier alpha value is 0.174. The summed E-state index contributed by atoms with van der Waals surface area (Å²) in [7, 11) is -2.76. The molecule has 0 aliphatic carbocycles. The van der Waals surface area contributed by atoms with Crippen molar-refractivity contribution in [2.45, 2.75) is 53.1 Å². The molecule has 0 aromatic carbocycles. The maximum atomic E-state index is 3.51. The standard InChI is InChI=1S/C18H24S4Si2/c1-13-14(2)20-17(19-13)18-21-15(9-11-23(3,4)5)16(22-18)10-12-24(6,7)8/h1-8H3. The molecule has 2 aliphatic heterocycles. The summed E-state index contributed by atoms with van der Waals surface area (Å²) in [4.78, 5) is 5.17. The molecule has 6 heteroatoms. The SMILES string of the molecule is CC1=C(C)SC(=C2SC(C#C[Si](C)(C)C)=C(C#C[Si](C)(C)C)S2)S1. The maximum Gasteiger partial charge on any atom is 0.129 e. The van der Waals surface area contributed by atoms with Crippen LogP contribution in [0.15, 0.2) is 28.1 Å². The van der Waals surface area contributed by atoms with Crippen LogP contribution >= 0.6 is 47.0 Å². The Balaban J connectivity index is 2.34. The minimum Gasteiger partial charge on any atom is -0.126 e. The summed E-state index contributed by atoms with van der Waals surface area (Å²) >= 11 is 7.45. The molecule has 0 radical (unpaired) electrons. The van der Waals surface area contributed by atoms with E-state index in [2.05, 4.69) is 76.1 Å². The van der Waals surface area contributed by atoms with Crippen molar-refractivity contribution in [3.8, 4) is 22.9 Å². The van der Waals surface area contributed by atoms with Gasteiger partial charge in [0, 0.05) is 0 Å². The van der Waals surface area contributed by atoms with E-state index in [-0.39, 0.29) is 0 Å². The second-order valence-corrected chi connectivity index (χ2v) is 22.3. The van der Waals surface area contributed by atoms with Crippen molar-refractivity contribution in [2.75, 3.05) is 0 Å². The predicted octanol–water partition coefficient (Wildman–Crippen LogP) is 7.30. The average molecular weight is 425 g/mol. The minimum absolute atomic E-state index is 1.17. The zero-order valence-corrected chi connectivity index (χ0v) is 20.9. The number of allylic oxidation sites excluding steroid dienone is 4. The summed E-state index contributed by atoms with van der Waals surface area (Å²) in [6, 6.07) is 0. The van der Waals surface area contributed by atoms with Crippen molar-refractivity contribution in [3.63, 3.8) is 0 Å². The molecule has 0 saturated heterocycles. The molecule has 0 saturated carbocycles. The first kappa shape index (κ1) is 20.5. The lowest BCUT2D eigenvalue weighted by molar-refractivity contribution is 1.57. The van der Waals surface area contributed by atoms with Gasteiger partial charge in [-0.1, -0.05) is 98.2 Å². The van der Waals surface area contributed by atoms with Crippen LogP contribution in [-0.4, -0.2) is 16.1 Å². The summed E-state index contributed by atoms with van der Waals surface area (Å²) in [5, 5.41) is 0. The third kappa shape index (κ3) is 6.16. The molecule has 0 unspecified atom stereocenters. The van der Waals surface area contributed by atoms with E-state index in [1.807, 2.05) is 47.0 Å². The number of rotatable bonds is 0. The lowest BCUT2D eigenvalue weighted by Crippen LogP contribution is -2.16. The molecule has 2 aliphatic rings. The van der Waals surface area contributed by atoms with E-state index in [4.69, 9.17) is 0 Å². The molecule has 0 amide bonds. The lowest BCUT2D eigenvalue weighted by atomic mass is 10.5. The molecule has 0 N–H and O–H groups in total. The average Bonchev–Trinajstić information content (AvgIpc) is 2.97. The molecule has 0 aromatic rings. The highest BCUT2D eigenvalue weighted by Gasteiger charge is 2.27. The molecule has 128 valence electrons. The van der Waals surface area contributed by atoms with E-state index >= 15 is 0 Å². The van der Waals surface area contributed by atoms with E-state index in [0.717, 1.165) is 0 Å². The fraction of sp³-hybridized carbons (Fsp3) is 0.444. The van der Waals surface area contributed by atoms with Gasteiger partial charge in [-0.25, -0.2) is 0 Å². The summed E-state index contributed by atoms with van der Waals surface area (Å²) in [5.41, 5.74) is 7.03. The fourth-order valence-electron chi connectivity index (χ4n) is 1.56. The van der Waals surface area contributed by atoms with E-state index in [1.165, 1.54) is 28.1 Å². The van der Waals surface area contributed by atoms with Crippen LogP contribution in [0.1, 0.15) is 13.8 Å². The van der Waals surface area contributed by atoms with Gasteiger partial charge in [0.2, 0.25) is 0 Å². The van der Waals surface area contributed by atoms with Crippen LogP contribution in [0.25, 0.3) is 0 Å². The largest absolute Gasteiger partial charge is 0.129 e. The van der Waals surface area contributed by atoms with E-state index < -0.39 is 16.1 Å². The molecule has 2 rings (SSSR count). The molecule has 0 aromatic heterocycles. The Kier molecular flexibility index (Phi) is 6.67. The zero-order chi connectivity index (χ0) is 18.1. The Morgan fingerprint density at radius 1 is 0.583 bits per heavy atom. The highest BCUT2D eigenvalue weighted by atomic mass is 32.2. The van der Waals surface area contributed by atoms with Gasteiger partial charge >= 0.3 is 0 Å². The number of hydrogen-bond acceptors (Lipinski definition) is 4. The summed E-state index contributed by atoms with van der Waals surface area (Å²) < 4.78 is 2.76. The molecule has 0 bridgehead atoms. The van der Waals surface area contributed by atoms with Crippen molar-refractivity contribution < 1.29 is 0 Å². The molecule has 0 nitrogen and oxygen atoms in total. The van der Waals surface area contributed by atoms with Crippen LogP contribution in [0, 0.1) is 22.9 Å². The van der Waals surface area contributed by atoms with E-state index in [9.17, 15) is 0 Å². The fourth-order valence-corrected chi connectivity index (χ4v) is 7.87. The highest BCUT2D eigenvalue weighted by Crippen LogP contribution is 2.59. The highest BCUT2D eigenvalue weighted by molar-refractivity contribution is 8.34. The first-order chi connectivity index (χ1) is 10.9. The first-order valence-corrected chi connectivity index (χ1v) is 18.1. The Bertz CT molecular complexity index is 704. The minimum atomic E-state index is -1.38. The Morgan fingerprint density at radius 3 is 1.25 bits per heavy atom. The Labute approximate surface area is 166 Å². The second-order valence-electron chi connectivity index (χ2n) is 7.75. The number of hydrogen-bond donors (Lipinski definition) is 0. The van der Waals surface area contributed by atoms with Crippen molar-refractivity contribution in [2.24, 2.45) is 0 Å². The molecular weight excluding hydrogens is 401 g/mol. The van der Waals surface area contributed by atoms with Gasteiger partial charge in [-0.15, -0.1) is 11.1 Å². The van der Waals surface area contributed by atoms with E-state index in [0.29, 0.717) is 0 Å². The van der Waals surface area contributed by atoms with Gasteiger partial charge in [0.05, 0.1) is 18.3 Å². The zero-order valence-electron chi connectivity index (χ0n) is 15.6. The van der Waals surface area contributed by atoms with Crippen LogP contribution in [0.3, 0.4) is 0 Å². The summed E-state index contributed by atoms with van der Waals surface area (Å²) in [6.07, 6.45) is 0. The van der Waals surface area contributed by atoms with Crippen LogP contribution in [0.5, 0.6) is 0 Å².